The third kappa shape index (κ3) is 6.22. The van der Waals surface area contributed by atoms with Crippen LogP contribution in [0.1, 0.15) is 102 Å². The van der Waals surface area contributed by atoms with E-state index in [4.69, 9.17) is 0 Å². The van der Waals surface area contributed by atoms with E-state index in [1.54, 1.807) is 0 Å². The van der Waals surface area contributed by atoms with E-state index in [1.807, 2.05) is 6.07 Å². The minimum Gasteiger partial charge on any atom is -0.508 e. The van der Waals surface area contributed by atoms with Gasteiger partial charge in [0.2, 0.25) is 0 Å². The first-order valence-electron chi connectivity index (χ1n) is 11.0. The van der Waals surface area contributed by atoms with Crippen molar-refractivity contribution in [1.82, 2.24) is 0 Å². The van der Waals surface area contributed by atoms with Gasteiger partial charge in [0.25, 0.3) is 0 Å². The molecule has 0 saturated heterocycles. The van der Waals surface area contributed by atoms with Gasteiger partial charge >= 0.3 is 0 Å². The van der Waals surface area contributed by atoms with Crippen molar-refractivity contribution in [3.05, 3.63) is 29.3 Å². The molecule has 0 aromatic heterocycles. The van der Waals surface area contributed by atoms with E-state index in [1.165, 1.54) is 31.2 Å². The van der Waals surface area contributed by atoms with Crippen molar-refractivity contribution in [3.63, 3.8) is 0 Å². The van der Waals surface area contributed by atoms with Crippen molar-refractivity contribution in [2.75, 3.05) is 6.61 Å². The molecule has 3 atom stereocenters. The summed E-state index contributed by atoms with van der Waals surface area (Å²) in [5, 5.41) is 30.2. The summed E-state index contributed by atoms with van der Waals surface area (Å²) in [4.78, 5) is 0. The molecule has 1 aliphatic rings. The molecule has 0 amide bonds. The molecular weight excluding hydrogens is 336 g/mol. The molecule has 3 heteroatoms. The minimum absolute atomic E-state index is 0.0616. The van der Waals surface area contributed by atoms with Gasteiger partial charge in [0.05, 0.1) is 6.10 Å². The lowest BCUT2D eigenvalue weighted by atomic mass is 9.71. The van der Waals surface area contributed by atoms with Crippen LogP contribution in [0.4, 0.5) is 0 Å². The molecule has 3 nitrogen and oxygen atoms in total. The van der Waals surface area contributed by atoms with Crippen LogP contribution in [0.2, 0.25) is 0 Å². The van der Waals surface area contributed by atoms with Gasteiger partial charge in [-0.1, -0.05) is 58.6 Å². The molecule has 2 rings (SSSR count). The number of hydrogen-bond donors (Lipinski definition) is 3. The van der Waals surface area contributed by atoms with Crippen molar-refractivity contribution in [1.29, 1.82) is 0 Å². The number of phenolic OH excluding ortho intramolecular Hbond substituents is 1. The molecule has 1 fully saturated rings. The summed E-state index contributed by atoms with van der Waals surface area (Å²) in [7, 11) is 0. The fourth-order valence-corrected chi connectivity index (χ4v) is 4.71. The highest BCUT2D eigenvalue weighted by atomic mass is 16.3. The Labute approximate surface area is 165 Å². The zero-order valence-corrected chi connectivity index (χ0v) is 17.6. The maximum absolute atomic E-state index is 10.8. The number of rotatable bonds is 10. The van der Waals surface area contributed by atoms with Crippen LogP contribution in [-0.4, -0.2) is 28.0 Å². The Bertz CT molecular complexity index is 565. The van der Waals surface area contributed by atoms with E-state index in [0.717, 1.165) is 37.7 Å². The van der Waals surface area contributed by atoms with E-state index in [9.17, 15) is 15.3 Å². The summed E-state index contributed by atoms with van der Waals surface area (Å²) >= 11 is 0. The van der Waals surface area contributed by atoms with Crippen LogP contribution in [0.15, 0.2) is 18.2 Å². The van der Waals surface area contributed by atoms with Gasteiger partial charge in [0.1, 0.15) is 5.75 Å². The fraction of sp³-hybridized carbons (Fsp3) is 0.750. The summed E-state index contributed by atoms with van der Waals surface area (Å²) in [6.45, 7) is 6.98. The van der Waals surface area contributed by atoms with E-state index in [2.05, 4.69) is 32.9 Å². The lowest BCUT2D eigenvalue weighted by molar-refractivity contribution is 0.0879. The van der Waals surface area contributed by atoms with Crippen LogP contribution in [-0.2, 0) is 5.41 Å². The van der Waals surface area contributed by atoms with Crippen molar-refractivity contribution in [2.24, 2.45) is 5.92 Å². The molecule has 1 aliphatic carbocycles. The lowest BCUT2D eigenvalue weighted by Gasteiger charge is -2.35. The maximum atomic E-state index is 10.8. The van der Waals surface area contributed by atoms with Crippen LogP contribution in [0.3, 0.4) is 0 Å². The van der Waals surface area contributed by atoms with E-state index < -0.39 is 0 Å². The Morgan fingerprint density at radius 3 is 2.52 bits per heavy atom. The topological polar surface area (TPSA) is 60.7 Å². The molecule has 3 N–H and O–H groups in total. The average molecular weight is 377 g/mol. The molecule has 1 aromatic carbocycles. The quantitative estimate of drug-likeness (QED) is 0.462. The SMILES string of the molecule is CCCCCCC(C)(C)c1ccc([C@H]2C[C@H](O)CC[C@H]2CCCO)c(O)c1. The molecule has 154 valence electrons. The number of hydrogen-bond acceptors (Lipinski definition) is 3. The number of benzene rings is 1. The number of unbranched alkanes of at least 4 members (excludes halogenated alkanes) is 3. The number of aromatic hydroxyl groups is 1. The monoisotopic (exact) mass is 376 g/mol. The standard InChI is InChI=1S/C24H40O3/c1-4-5-6-7-14-24(2,3)19-11-13-21(23(27)16-19)22-17-20(26)12-10-18(22)9-8-15-25/h11,13,16,18,20,22,25-27H,4-10,12,14-15,17H2,1-3H3/t18-,20-,22+/m1/s1. The highest BCUT2D eigenvalue weighted by Crippen LogP contribution is 2.44. The van der Waals surface area contributed by atoms with Crippen molar-refractivity contribution < 1.29 is 15.3 Å². The number of aliphatic hydroxyl groups excluding tert-OH is 2. The van der Waals surface area contributed by atoms with Crippen molar-refractivity contribution >= 4 is 0 Å². The van der Waals surface area contributed by atoms with Gasteiger partial charge < -0.3 is 15.3 Å². The molecule has 0 aliphatic heterocycles. The van der Waals surface area contributed by atoms with Crippen LogP contribution in [0.5, 0.6) is 5.75 Å². The van der Waals surface area contributed by atoms with Crippen LogP contribution in [0.25, 0.3) is 0 Å². The van der Waals surface area contributed by atoms with E-state index in [-0.39, 0.29) is 24.0 Å². The number of aliphatic hydroxyl groups is 2. The van der Waals surface area contributed by atoms with Gasteiger partial charge in [-0.05, 0) is 73.0 Å². The molecule has 0 spiro atoms. The van der Waals surface area contributed by atoms with Crippen LogP contribution in [0, 0.1) is 5.92 Å². The molecule has 0 bridgehead atoms. The maximum Gasteiger partial charge on any atom is 0.119 e. The Morgan fingerprint density at radius 2 is 1.85 bits per heavy atom. The second-order valence-electron chi connectivity index (χ2n) is 9.17. The lowest BCUT2D eigenvalue weighted by Crippen LogP contribution is -2.27. The van der Waals surface area contributed by atoms with Gasteiger partial charge in [-0.25, -0.2) is 0 Å². The fourth-order valence-electron chi connectivity index (χ4n) is 4.71. The van der Waals surface area contributed by atoms with Gasteiger partial charge in [0.15, 0.2) is 0 Å². The summed E-state index contributed by atoms with van der Waals surface area (Å²) in [6, 6.07) is 6.23. The Kier molecular flexibility index (Phi) is 8.62. The van der Waals surface area contributed by atoms with Gasteiger partial charge in [-0.2, -0.15) is 0 Å². The smallest absolute Gasteiger partial charge is 0.119 e. The minimum atomic E-state index is -0.283. The van der Waals surface area contributed by atoms with Gasteiger partial charge in [-0.3, -0.25) is 0 Å². The molecular formula is C24H40O3. The zero-order valence-electron chi connectivity index (χ0n) is 17.6. The average Bonchev–Trinajstić information content (AvgIpc) is 2.64. The predicted molar refractivity (Wildman–Crippen MR) is 112 cm³/mol. The normalized spacial score (nSPS) is 23.5. The highest BCUT2D eigenvalue weighted by Gasteiger charge is 2.32. The van der Waals surface area contributed by atoms with Crippen LogP contribution >= 0.6 is 0 Å². The first kappa shape index (κ1) is 22.2. The van der Waals surface area contributed by atoms with Crippen LogP contribution < -0.4 is 0 Å². The summed E-state index contributed by atoms with van der Waals surface area (Å²) in [6.07, 6.45) is 10.1. The zero-order chi connectivity index (χ0) is 19.9. The molecule has 1 saturated carbocycles. The third-order valence-corrected chi connectivity index (χ3v) is 6.57. The Morgan fingerprint density at radius 1 is 1.07 bits per heavy atom. The van der Waals surface area contributed by atoms with Crippen molar-refractivity contribution in [2.45, 2.75) is 102 Å². The highest BCUT2D eigenvalue weighted by molar-refractivity contribution is 5.42. The third-order valence-electron chi connectivity index (χ3n) is 6.57. The second-order valence-corrected chi connectivity index (χ2v) is 9.17. The largest absolute Gasteiger partial charge is 0.508 e. The number of phenols is 1. The van der Waals surface area contributed by atoms with Gasteiger partial charge in [0, 0.05) is 6.61 Å². The van der Waals surface area contributed by atoms with Crippen molar-refractivity contribution in [3.8, 4) is 5.75 Å². The van der Waals surface area contributed by atoms with E-state index >= 15 is 0 Å². The summed E-state index contributed by atoms with van der Waals surface area (Å²) in [5.74, 6) is 0.989. The van der Waals surface area contributed by atoms with E-state index in [0.29, 0.717) is 18.1 Å². The predicted octanol–water partition coefficient (Wildman–Crippen LogP) is 5.66. The molecule has 0 radical (unpaired) electrons. The molecule has 1 aromatic rings. The molecule has 0 unspecified atom stereocenters. The summed E-state index contributed by atoms with van der Waals surface area (Å²) in [5.41, 5.74) is 2.23. The Hall–Kier alpha value is -1.06. The Balaban J connectivity index is 2.13. The second kappa shape index (κ2) is 10.5. The first-order valence-corrected chi connectivity index (χ1v) is 11.0. The first-order chi connectivity index (χ1) is 12.9. The summed E-state index contributed by atoms with van der Waals surface area (Å²) < 4.78 is 0. The molecule has 0 heterocycles. The van der Waals surface area contributed by atoms with Gasteiger partial charge in [-0.15, -0.1) is 0 Å². The molecule has 27 heavy (non-hydrogen) atoms.